The molecule has 2 nitrogen and oxygen atoms in total. The number of benzene rings is 2. The van der Waals surface area contributed by atoms with Gasteiger partial charge < -0.3 is 10.5 Å². The van der Waals surface area contributed by atoms with Crippen LogP contribution in [0.4, 0.5) is 5.69 Å². The number of hydrogen-bond acceptors (Lipinski definition) is 2. The highest BCUT2D eigenvalue weighted by atomic mass is 35.5. The minimum absolute atomic E-state index is 0.0398. The largest absolute Gasteiger partial charge is 0.454 e. The van der Waals surface area contributed by atoms with E-state index in [0.29, 0.717) is 27.2 Å². The molecule has 0 aromatic heterocycles. The molecule has 0 fully saturated rings. The molecule has 112 valence electrons. The van der Waals surface area contributed by atoms with Crippen molar-refractivity contribution in [2.45, 2.75) is 33.1 Å². The van der Waals surface area contributed by atoms with Crippen LogP contribution in [0, 0.1) is 6.92 Å². The average molecular weight is 324 g/mol. The number of nitrogen functional groups attached to an aromatic ring is 1. The smallest absolute Gasteiger partial charge is 0.164 e. The number of rotatable bonds is 2. The average Bonchev–Trinajstić information content (AvgIpc) is 2.34. The first-order valence-electron chi connectivity index (χ1n) is 6.72. The number of aryl methyl sites for hydroxylation is 1. The zero-order valence-corrected chi connectivity index (χ0v) is 14.1. The molecular weight excluding hydrogens is 305 g/mol. The maximum atomic E-state index is 6.16. The van der Waals surface area contributed by atoms with E-state index in [4.69, 9.17) is 33.7 Å². The summed E-state index contributed by atoms with van der Waals surface area (Å²) >= 11 is 12.3. The molecule has 0 amide bonds. The molecule has 0 unspecified atom stereocenters. The van der Waals surface area contributed by atoms with Crippen LogP contribution < -0.4 is 10.5 Å². The first-order chi connectivity index (χ1) is 9.68. The van der Waals surface area contributed by atoms with Crippen molar-refractivity contribution in [3.8, 4) is 11.5 Å². The van der Waals surface area contributed by atoms with Gasteiger partial charge in [0.1, 0.15) is 5.75 Å². The Bertz CT molecular complexity index is 652. The first kappa shape index (κ1) is 16.0. The molecule has 0 aliphatic rings. The molecule has 0 bridgehead atoms. The Morgan fingerprint density at radius 2 is 1.57 bits per heavy atom. The van der Waals surface area contributed by atoms with Crippen molar-refractivity contribution in [1.29, 1.82) is 0 Å². The van der Waals surface area contributed by atoms with Gasteiger partial charge in [0.15, 0.2) is 5.75 Å². The Morgan fingerprint density at radius 1 is 1.00 bits per heavy atom. The van der Waals surface area contributed by atoms with E-state index in [1.165, 1.54) is 11.1 Å². The Morgan fingerprint density at radius 3 is 2.10 bits per heavy atom. The summed E-state index contributed by atoms with van der Waals surface area (Å²) < 4.78 is 5.87. The molecule has 0 spiro atoms. The normalized spacial score (nSPS) is 11.5. The van der Waals surface area contributed by atoms with Gasteiger partial charge in [-0.25, -0.2) is 0 Å². The van der Waals surface area contributed by atoms with Gasteiger partial charge in [-0.3, -0.25) is 0 Å². The summed E-state index contributed by atoms with van der Waals surface area (Å²) in [5.41, 5.74) is 8.70. The van der Waals surface area contributed by atoms with E-state index in [1.54, 1.807) is 12.1 Å². The van der Waals surface area contributed by atoms with Crippen LogP contribution in [0.25, 0.3) is 0 Å². The fraction of sp³-hybridized carbons (Fsp3) is 0.294. The Labute approximate surface area is 135 Å². The van der Waals surface area contributed by atoms with Gasteiger partial charge in [-0.2, -0.15) is 0 Å². The van der Waals surface area contributed by atoms with Crippen molar-refractivity contribution < 1.29 is 4.74 Å². The van der Waals surface area contributed by atoms with E-state index < -0.39 is 0 Å². The monoisotopic (exact) mass is 323 g/mol. The fourth-order valence-corrected chi connectivity index (χ4v) is 2.85. The van der Waals surface area contributed by atoms with Gasteiger partial charge in [-0.1, -0.05) is 50.0 Å². The van der Waals surface area contributed by atoms with Gasteiger partial charge in [0.2, 0.25) is 0 Å². The van der Waals surface area contributed by atoms with E-state index in [-0.39, 0.29) is 5.41 Å². The zero-order valence-electron chi connectivity index (χ0n) is 12.6. The Kier molecular flexibility index (Phi) is 4.40. The van der Waals surface area contributed by atoms with E-state index in [1.807, 2.05) is 18.2 Å². The van der Waals surface area contributed by atoms with Crippen LogP contribution >= 0.6 is 23.2 Å². The number of anilines is 1. The predicted octanol–water partition coefficient (Wildman–Crippen LogP) is 5.97. The summed E-state index contributed by atoms with van der Waals surface area (Å²) in [4.78, 5) is 0. The summed E-state index contributed by atoms with van der Waals surface area (Å²) in [5.74, 6) is 1.13. The van der Waals surface area contributed by atoms with Crippen molar-refractivity contribution in [2.24, 2.45) is 0 Å². The standard InChI is InChI=1S/C17H19Cl2NO/c1-10-5-6-12(9-13(10)17(2,3)4)21-16-14(18)7-11(20)8-15(16)19/h5-9H,20H2,1-4H3. The van der Waals surface area contributed by atoms with Crippen LogP contribution in [0.15, 0.2) is 30.3 Å². The molecule has 2 aromatic carbocycles. The van der Waals surface area contributed by atoms with Crippen molar-refractivity contribution in [3.63, 3.8) is 0 Å². The van der Waals surface area contributed by atoms with E-state index in [9.17, 15) is 0 Å². The molecule has 0 saturated carbocycles. The maximum absolute atomic E-state index is 6.16. The molecule has 2 aromatic rings. The van der Waals surface area contributed by atoms with Crippen LogP contribution in [0.3, 0.4) is 0 Å². The van der Waals surface area contributed by atoms with Gasteiger partial charge in [-0.15, -0.1) is 0 Å². The topological polar surface area (TPSA) is 35.2 Å². The highest BCUT2D eigenvalue weighted by Gasteiger charge is 2.18. The van der Waals surface area contributed by atoms with Gasteiger partial charge in [0.05, 0.1) is 10.0 Å². The number of halogens is 2. The second-order valence-corrected chi connectivity index (χ2v) is 6.96. The molecule has 0 radical (unpaired) electrons. The molecule has 4 heteroatoms. The van der Waals surface area contributed by atoms with E-state index in [2.05, 4.69) is 27.7 Å². The summed E-state index contributed by atoms with van der Waals surface area (Å²) in [7, 11) is 0. The van der Waals surface area contributed by atoms with Crippen LogP contribution in [0.2, 0.25) is 10.0 Å². The minimum Gasteiger partial charge on any atom is -0.454 e. The lowest BCUT2D eigenvalue weighted by atomic mass is 9.84. The van der Waals surface area contributed by atoms with Gasteiger partial charge in [0, 0.05) is 5.69 Å². The summed E-state index contributed by atoms with van der Waals surface area (Å²) in [5, 5.41) is 0.802. The van der Waals surface area contributed by atoms with Crippen molar-refractivity contribution in [2.75, 3.05) is 5.73 Å². The van der Waals surface area contributed by atoms with E-state index >= 15 is 0 Å². The third-order valence-corrected chi connectivity index (χ3v) is 3.82. The fourth-order valence-electron chi connectivity index (χ4n) is 2.27. The van der Waals surface area contributed by atoms with Crippen LogP contribution in [0.1, 0.15) is 31.9 Å². The third-order valence-electron chi connectivity index (χ3n) is 3.26. The lowest BCUT2D eigenvalue weighted by molar-refractivity contribution is 0.478. The van der Waals surface area contributed by atoms with Gasteiger partial charge in [-0.05, 0) is 47.7 Å². The Hall–Kier alpha value is -1.38. The number of nitrogens with two attached hydrogens (primary N) is 1. The number of hydrogen-bond donors (Lipinski definition) is 1. The van der Waals surface area contributed by atoms with Crippen LogP contribution in [-0.4, -0.2) is 0 Å². The lowest BCUT2D eigenvalue weighted by Crippen LogP contribution is -2.13. The molecule has 0 heterocycles. The number of ether oxygens (including phenoxy) is 1. The summed E-state index contributed by atoms with van der Waals surface area (Å²) in [6.45, 7) is 8.60. The molecule has 0 atom stereocenters. The minimum atomic E-state index is 0.0398. The molecule has 0 aliphatic carbocycles. The van der Waals surface area contributed by atoms with Gasteiger partial charge >= 0.3 is 0 Å². The van der Waals surface area contributed by atoms with E-state index in [0.717, 1.165) is 0 Å². The molecular formula is C17H19Cl2NO. The quantitative estimate of drug-likeness (QED) is 0.690. The predicted molar refractivity (Wildman–Crippen MR) is 90.8 cm³/mol. The molecule has 2 N–H and O–H groups in total. The SMILES string of the molecule is Cc1ccc(Oc2c(Cl)cc(N)cc2Cl)cc1C(C)(C)C. The molecule has 2 rings (SSSR count). The first-order valence-corrected chi connectivity index (χ1v) is 7.47. The molecule has 0 saturated heterocycles. The molecule has 0 aliphatic heterocycles. The second-order valence-electron chi connectivity index (χ2n) is 6.14. The maximum Gasteiger partial charge on any atom is 0.164 e. The lowest BCUT2D eigenvalue weighted by Gasteiger charge is -2.22. The highest BCUT2D eigenvalue weighted by Crippen LogP contribution is 2.39. The molecule has 21 heavy (non-hydrogen) atoms. The highest BCUT2D eigenvalue weighted by molar-refractivity contribution is 6.37. The van der Waals surface area contributed by atoms with Crippen molar-refractivity contribution >= 4 is 28.9 Å². The van der Waals surface area contributed by atoms with Crippen molar-refractivity contribution in [1.82, 2.24) is 0 Å². The van der Waals surface area contributed by atoms with Crippen LogP contribution in [0.5, 0.6) is 11.5 Å². The zero-order chi connectivity index (χ0) is 15.8. The summed E-state index contributed by atoms with van der Waals surface area (Å²) in [6.07, 6.45) is 0. The second kappa shape index (κ2) is 5.78. The van der Waals surface area contributed by atoms with Gasteiger partial charge in [0.25, 0.3) is 0 Å². The van der Waals surface area contributed by atoms with Crippen LogP contribution in [-0.2, 0) is 5.41 Å². The summed E-state index contributed by atoms with van der Waals surface area (Å²) in [6, 6.07) is 9.23. The Balaban J connectivity index is 2.42. The third kappa shape index (κ3) is 3.63. The van der Waals surface area contributed by atoms with Crippen molar-refractivity contribution in [3.05, 3.63) is 51.5 Å².